The second-order valence-electron chi connectivity index (χ2n) is 5.04. The fourth-order valence-electron chi connectivity index (χ4n) is 3.35. The minimum atomic E-state index is -1.27. The van der Waals surface area contributed by atoms with Crippen LogP contribution in [0.5, 0.6) is 0 Å². The van der Waals surface area contributed by atoms with E-state index in [0.29, 0.717) is 19.2 Å². The van der Waals surface area contributed by atoms with Gasteiger partial charge in [0.15, 0.2) is 0 Å². The van der Waals surface area contributed by atoms with Crippen LogP contribution < -0.4 is 5.32 Å². The highest BCUT2D eigenvalue weighted by Crippen LogP contribution is 2.58. The molecule has 5 nitrogen and oxygen atoms in total. The lowest BCUT2D eigenvalue weighted by Gasteiger charge is -2.52. The lowest BCUT2D eigenvalue weighted by atomic mass is 9.53. The number of carbonyl (C=O) groups is 1. The van der Waals surface area contributed by atoms with E-state index in [4.69, 9.17) is 10.0 Å². The van der Waals surface area contributed by atoms with Gasteiger partial charge in [0.2, 0.25) is 0 Å². The molecule has 0 amide bonds. The van der Waals surface area contributed by atoms with Crippen LogP contribution in [0.3, 0.4) is 0 Å². The van der Waals surface area contributed by atoms with E-state index in [2.05, 4.69) is 5.32 Å². The fraction of sp³-hybridized carbons (Fsp3) is 0.900. The van der Waals surface area contributed by atoms with Gasteiger partial charge < -0.3 is 20.5 Å². The van der Waals surface area contributed by atoms with Crippen molar-refractivity contribution in [1.29, 1.82) is 0 Å². The molecule has 0 radical (unpaired) electrons. The molecule has 1 aliphatic carbocycles. The quantitative estimate of drug-likeness (QED) is 0.490. The van der Waals surface area contributed by atoms with Crippen molar-refractivity contribution < 1.29 is 19.9 Å². The van der Waals surface area contributed by atoms with E-state index in [0.717, 1.165) is 25.8 Å². The van der Waals surface area contributed by atoms with Crippen LogP contribution in [0.4, 0.5) is 0 Å². The van der Waals surface area contributed by atoms with Gasteiger partial charge in [-0.25, -0.2) is 0 Å². The van der Waals surface area contributed by atoms with Crippen molar-refractivity contribution in [2.24, 2.45) is 5.41 Å². The molecule has 4 N–H and O–H groups in total. The molecule has 0 unspecified atom stereocenters. The molecule has 6 heteroatoms. The van der Waals surface area contributed by atoms with Crippen LogP contribution in [0.2, 0.25) is 6.32 Å². The zero-order valence-corrected chi connectivity index (χ0v) is 9.28. The third-order valence-corrected chi connectivity index (χ3v) is 4.40. The van der Waals surface area contributed by atoms with E-state index in [9.17, 15) is 9.90 Å². The number of hydrogen-bond donors (Lipinski definition) is 4. The number of nitrogens with one attached hydrogen (secondary N) is 1. The van der Waals surface area contributed by atoms with Gasteiger partial charge in [-0.05, 0) is 38.5 Å². The predicted octanol–water partition coefficient (Wildman–Crippen LogP) is -0.164. The van der Waals surface area contributed by atoms with Crippen molar-refractivity contribution in [2.45, 2.75) is 44.0 Å². The largest absolute Gasteiger partial charge is 0.480 e. The summed E-state index contributed by atoms with van der Waals surface area (Å²) in [6.45, 7) is 0.758. The van der Waals surface area contributed by atoms with Crippen molar-refractivity contribution in [3.05, 3.63) is 0 Å². The number of rotatable bonds is 5. The second kappa shape index (κ2) is 4.02. The highest BCUT2D eigenvalue weighted by atomic mass is 16.4. The second-order valence-corrected chi connectivity index (χ2v) is 5.04. The smallest absolute Gasteiger partial charge is 0.451 e. The van der Waals surface area contributed by atoms with Crippen molar-refractivity contribution in [3.63, 3.8) is 0 Å². The van der Waals surface area contributed by atoms with Crippen LogP contribution in [-0.2, 0) is 4.79 Å². The molecule has 2 aliphatic rings. The number of carboxylic acids is 1. The predicted molar refractivity (Wildman–Crippen MR) is 58.9 cm³/mol. The van der Waals surface area contributed by atoms with Crippen molar-refractivity contribution in [1.82, 2.24) is 5.32 Å². The summed E-state index contributed by atoms with van der Waals surface area (Å²) in [5.74, 6) is -0.749. The molecule has 1 saturated carbocycles. The molecule has 2 atom stereocenters. The summed E-state index contributed by atoms with van der Waals surface area (Å²) in [6, 6.07) is 0. The summed E-state index contributed by atoms with van der Waals surface area (Å²) in [5.41, 5.74) is -0.874. The van der Waals surface area contributed by atoms with Gasteiger partial charge in [-0.2, -0.15) is 0 Å². The summed E-state index contributed by atoms with van der Waals surface area (Å²) in [5, 5.41) is 30.0. The van der Waals surface area contributed by atoms with Gasteiger partial charge in [-0.1, -0.05) is 6.42 Å². The summed E-state index contributed by atoms with van der Waals surface area (Å²) < 4.78 is 0. The molecule has 16 heavy (non-hydrogen) atoms. The Morgan fingerprint density at radius 1 is 1.31 bits per heavy atom. The Morgan fingerprint density at radius 2 is 2.06 bits per heavy atom. The minimum Gasteiger partial charge on any atom is -0.480 e. The Morgan fingerprint density at radius 3 is 2.56 bits per heavy atom. The Hall–Kier alpha value is -0.585. The summed E-state index contributed by atoms with van der Waals surface area (Å²) in [7, 11) is -1.27. The Kier molecular flexibility index (Phi) is 2.98. The zero-order chi connectivity index (χ0) is 11.8. The lowest BCUT2D eigenvalue weighted by Crippen LogP contribution is -2.65. The number of fused-ring (bicyclic) bond motifs is 1. The molecule has 2 fully saturated rings. The van der Waals surface area contributed by atoms with Gasteiger partial charge in [0.05, 0.1) is 0 Å². The number of carboxylic acid groups (broad SMARTS) is 1. The molecule has 0 bridgehead atoms. The van der Waals surface area contributed by atoms with Crippen LogP contribution in [0.15, 0.2) is 0 Å². The zero-order valence-electron chi connectivity index (χ0n) is 9.28. The summed E-state index contributed by atoms with van der Waals surface area (Å²) in [4.78, 5) is 11.3. The van der Waals surface area contributed by atoms with Gasteiger partial charge in [-0.15, -0.1) is 0 Å². The van der Waals surface area contributed by atoms with Crippen molar-refractivity contribution in [2.75, 3.05) is 6.54 Å². The highest BCUT2D eigenvalue weighted by Gasteiger charge is 2.65. The van der Waals surface area contributed by atoms with E-state index in [1.54, 1.807) is 0 Å². The average molecular weight is 227 g/mol. The molecule has 90 valence electrons. The Balaban J connectivity index is 1.99. The molecular weight excluding hydrogens is 209 g/mol. The first-order chi connectivity index (χ1) is 7.52. The summed E-state index contributed by atoms with van der Waals surface area (Å²) >= 11 is 0. The minimum absolute atomic E-state index is 0.145. The van der Waals surface area contributed by atoms with Crippen LogP contribution in [0.1, 0.15) is 32.1 Å². The third kappa shape index (κ3) is 1.56. The maximum Gasteiger partial charge on any atom is 0.451 e. The maximum atomic E-state index is 11.3. The van der Waals surface area contributed by atoms with Crippen LogP contribution >= 0.6 is 0 Å². The molecule has 1 saturated heterocycles. The van der Waals surface area contributed by atoms with E-state index in [1.165, 1.54) is 0 Å². The highest BCUT2D eigenvalue weighted by molar-refractivity contribution is 6.40. The lowest BCUT2D eigenvalue weighted by molar-refractivity contribution is -0.158. The normalized spacial score (nSPS) is 36.6. The molecule has 0 aromatic rings. The monoisotopic (exact) mass is 227 g/mol. The Labute approximate surface area is 95.0 Å². The van der Waals surface area contributed by atoms with Crippen molar-refractivity contribution >= 4 is 13.1 Å². The number of aliphatic carboxylic acids is 1. The Bertz CT molecular complexity index is 299. The molecule has 0 aromatic heterocycles. The topological polar surface area (TPSA) is 89.8 Å². The van der Waals surface area contributed by atoms with Crippen molar-refractivity contribution in [3.8, 4) is 0 Å². The van der Waals surface area contributed by atoms with Gasteiger partial charge >= 0.3 is 13.1 Å². The molecule has 1 heterocycles. The van der Waals surface area contributed by atoms with Gasteiger partial charge in [0, 0.05) is 5.41 Å². The van der Waals surface area contributed by atoms with Crippen LogP contribution in [0, 0.1) is 5.41 Å². The summed E-state index contributed by atoms with van der Waals surface area (Å²) in [6.07, 6.45) is 4.30. The van der Waals surface area contributed by atoms with E-state index < -0.39 is 18.6 Å². The maximum absolute atomic E-state index is 11.3. The molecule has 0 aromatic carbocycles. The van der Waals surface area contributed by atoms with Gasteiger partial charge in [0.25, 0.3) is 0 Å². The fourth-order valence-corrected chi connectivity index (χ4v) is 3.35. The molecule has 0 spiro atoms. The molecular formula is C10H18BNO4. The van der Waals surface area contributed by atoms with E-state index in [1.807, 2.05) is 0 Å². The first-order valence-corrected chi connectivity index (χ1v) is 5.87. The first kappa shape index (κ1) is 11.9. The van der Waals surface area contributed by atoms with E-state index in [-0.39, 0.29) is 5.41 Å². The third-order valence-electron chi connectivity index (χ3n) is 4.40. The average Bonchev–Trinajstić information content (AvgIpc) is 2.41. The van der Waals surface area contributed by atoms with Crippen LogP contribution in [-0.4, -0.2) is 40.3 Å². The standard InChI is InChI=1S/C10H18BNO4/c13-8(14)10-4-3-9(10,5-7-12-10)2-1-6-11(15)16/h12,15-16H,1-7H2,(H,13,14)/t9-,10+/m0/s1. The van der Waals surface area contributed by atoms with Gasteiger partial charge in [-0.3, -0.25) is 4.79 Å². The molecule has 1 aliphatic heterocycles. The molecule has 2 rings (SSSR count). The van der Waals surface area contributed by atoms with Gasteiger partial charge in [0.1, 0.15) is 5.54 Å². The SMILES string of the molecule is O=C(O)[C@]12CC[C@@]1(CCCB(O)O)CCN2. The first-order valence-electron chi connectivity index (χ1n) is 5.87. The van der Waals surface area contributed by atoms with E-state index >= 15 is 0 Å². The van der Waals surface area contributed by atoms with Crippen LogP contribution in [0.25, 0.3) is 0 Å². The number of hydrogen-bond acceptors (Lipinski definition) is 4.